The smallest absolute Gasteiger partial charge is 0.133 e. The number of rotatable bonds is 2. The summed E-state index contributed by atoms with van der Waals surface area (Å²) in [5, 5.41) is 0.611. The fourth-order valence-electron chi connectivity index (χ4n) is 2.29. The summed E-state index contributed by atoms with van der Waals surface area (Å²) in [7, 11) is 0. The van der Waals surface area contributed by atoms with Crippen molar-refractivity contribution in [3.05, 3.63) is 28.5 Å². The Kier molecular flexibility index (Phi) is 3.48. The molecule has 0 radical (unpaired) electrons. The average Bonchev–Trinajstić information content (AvgIpc) is 2.70. The number of terminal acetylenes is 1. The van der Waals surface area contributed by atoms with E-state index in [-0.39, 0.29) is 0 Å². The minimum Gasteiger partial charge on any atom is -0.285 e. The van der Waals surface area contributed by atoms with E-state index in [4.69, 9.17) is 18.0 Å². The molecule has 0 aliphatic carbocycles. The Hall–Kier alpha value is -1.04. The number of hydrogen-bond donors (Lipinski definition) is 0. The third kappa shape index (κ3) is 2.21. The van der Waals surface area contributed by atoms with E-state index < -0.39 is 0 Å². The zero-order valence-corrected chi connectivity index (χ0v) is 10.2. The first-order valence-corrected chi connectivity index (χ1v) is 5.89. The van der Waals surface area contributed by atoms with E-state index in [1.54, 1.807) is 6.20 Å². The summed E-state index contributed by atoms with van der Waals surface area (Å²) >= 11 is 6.15. The van der Waals surface area contributed by atoms with Gasteiger partial charge in [-0.1, -0.05) is 17.5 Å². The molecule has 16 heavy (non-hydrogen) atoms. The van der Waals surface area contributed by atoms with Crippen LogP contribution < -0.4 is 0 Å². The van der Waals surface area contributed by atoms with Crippen LogP contribution in [-0.2, 0) is 0 Å². The fraction of sp³-hybridized carbons (Fsp3) is 0.462. The van der Waals surface area contributed by atoms with Gasteiger partial charge >= 0.3 is 0 Å². The summed E-state index contributed by atoms with van der Waals surface area (Å²) in [6.45, 7) is 3.78. The van der Waals surface area contributed by atoms with Crippen LogP contribution in [-0.4, -0.2) is 23.0 Å². The van der Waals surface area contributed by atoms with E-state index >= 15 is 0 Å². The molecular weight excluding hydrogens is 220 g/mol. The topological polar surface area (TPSA) is 16.1 Å². The highest BCUT2D eigenvalue weighted by Crippen LogP contribution is 2.34. The number of aryl methyl sites for hydroxylation is 1. The predicted octanol–water partition coefficient (Wildman–Crippen LogP) is 2.81. The number of hydrogen-bond acceptors (Lipinski definition) is 2. The molecule has 0 saturated carbocycles. The van der Waals surface area contributed by atoms with Crippen LogP contribution in [0.1, 0.15) is 30.0 Å². The second-order valence-corrected chi connectivity index (χ2v) is 4.58. The fourth-order valence-corrected chi connectivity index (χ4v) is 2.52. The van der Waals surface area contributed by atoms with Crippen molar-refractivity contribution in [2.45, 2.75) is 25.8 Å². The summed E-state index contributed by atoms with van der Waals surface area (Å²) in [5.74, 6) is 2.71. The third-order valence-corrected chi connectivity index (χ3v) is 3.34. The molecule has 0 amide bonds. The van der Waals surface area contributed by atoms with Crippen molar-refractivity contribution < 1.29 is 0 Å². The van der Waals surface area contributed by atoms with Gasteiger partial charge in [-0.25, -0.2) is 4.98 Å². The van der Waals surface area contributed by atoms with Crippen molar-refractivity contribution in [3.63, 3.8) is 0 Å². The second-order valence-electron chi connectivity index (χ2n) is 4.23. The Morgan fingerprint density at radius 3 is 3.25 bits per heavy atom. The van der Waals surface area contributed by atoms with Gasteiger partial charge in [0.25, 0.3) is 0 Å². The Morgan fingerprint density at radius 2 is 2.50 bits per heavy atom. The lowest BCUT2D eigenvalue weighted by molar-refractivity contribution is 0.289. The minimum absolute atomic E-state index is 0.343. The number of likely N-dealkylation sites (tertiary alicyclic amines) is 1. The van der Waals surface area contributed by atoms with Crippen molar-refractivity contribution in [1.29, 1.82) is 0 Å². The average molecular weight is 235 g/mol. The van der Waals surface area contributed by atoms with Gasteiger partial charge in [-0.3, -0.25) is 4.90 Å². The molecule has 1 saturated heterocycles. The Bertz CT molecular complexity index is 422. The molecule has 2 nitrogen and oxygen atoms in total. The maximum atomic E-state index is 6.15. The highest BCUT2D eigenvalue weighted by atomic mass is 35.5. The first-order chi connectivity index (χ1) is 7.72. The molecular formula is C13H15ClN2. The monoisotopic (exact) mass is 234 g/mol. The molecule has 1 atom stereocenters. The molecule has 0 spiro atoms. The summed E-state index contributed by atoms with van der Waals surface area (Å²) in [6, 6.07) is 2.46. The van der Waals surface area contributed by atoms with Crippen molar-refractivity contribution in [3.8, 4) is 12.3 Å². The Balaban J connectivity index is 2.29. The minimum atomic E-state index is 0.343. The molecule has 0 N–H and O–H groups in total. The summed E-state index contributed by atoms with van der Waals surface area (Å²) in [4.78, 5) is 6.50. The molecule has 84 valence electrons. The molecule has 2 rings (SSSR count). The van der Waals surface area contributed by atoms with Crippen LogP contribution in [0.4, 0.5) is 0 Å². The van der Waals surface area contributed by atoms with Gasteiger partial charge in [-0.2, -0.15) is 0 Å². The molecule has 0 aromatic carbocycles. The highest BCUT2D eigenvalue weighted by molar-refractivity contribution is 6.30. The van der Waals surface area contributed by atoms with E-state index in [9.17, 15) is 0 Å². The number of aromatic nitrogens is 1. The van der Waals surface area contributed by atoms with Crippen molar-refractivity contribution in [2.24, 2.45) is 0 Å². The van der Waals surface area contributed by atoms with Gasteiger partial charge < -0.3 is 0 Å². The van der Waals surface area contributed by atoms with E-state index in [1.165, 1.54) is 6.42 Å². The summed E-state index contributed by atoms with van der Waals surface area (Å²) in [5.41, 5.74) is 2.27. The van der Waals surface area contributed by atoms with Gasteiger partial charge in [0, 0.05) is 17.8 Å². The van der Waals surface area contributed by atoms with Crippen molar-refractivity contribution in [2.75, 3.05) is 13.1 Å². The molecule has 0 bridgehead atoms. The SMILES string of the molecule is C#CCN1CCC[C@H]1c1cc(C)cnc1Cl. The van der Waals surface area contributed by atoms with Crippen LogP contribution in [0.15, 0.2) is 12.3 Å². The van der Waals surface area contributed by atoms with Crippen LogP contribution in [0.3, 0.4) is 0 Å². The van der Waals surface area contributed by atoms with Crippen LogP contribution in [0.5, 0.6) is 0 Å². The molecule has 1 aliphatic rings. The highest BCUT2D eigenvalue weighted by Gasteiger charge is 2.27. The third-order valence-electron chi connectivity index (χ3n) is 3.02. The summed E-state index contributed by atoms with van der Waals surface area (Å²) in [6.07, 6.45) is 9.47. The number of nitrogens with zero attached hydrogens (tertiary/aromatic N) is 2. The van der Waals surface area contributed by atoms with Crippen molar-refractivity contribution in [1.82, 2.24) is 9.88 Å². The lowest BCUT2D eigenvalue weighted by Crippen LogP contribution is -2.23. The maximum Gasteiger partial charge on any atom is 0.133 e. The predicted molar refractivity (Wildman–Crippen MR) is 66.4 cm³/mol. The molecule has 1 fully saturated rings. The van der Waals surface area contributed by atoms with E-state index in [2.05, 4.69) is 21.9 Å². The van der Waals surface area contributed by atoms with Crippen molar-refractivity contribution >= 4 is 11.6 Å². The van der Waals surface area contributed by atoms with Gasteiger partial charge in [-0.15, -0.1) is 6.42 Å². The largest absolute Gasteiger partial charge is 0.285 e. The number of halogens is 1. The molecule has 1 aromatic rings. The van der Waals surface area contributed by atoms with Crippen LogP contribution in [0.2, 0.25) is 5.15 Å². The van der Waals surface area contributed by atoms with Gasteiger partial charge in [0.2, 0.25) is 0 Å². The first-order valence-electron chi connectivity index (χ1n) is 5.52. The lowest BCUT2D eigenvalue weighted by atomic mass is 10.1. The van der Waals surface area contributed by atoms with E-state index in [0.717, 1.165) is 24.1 Å². The summed E-state index contributed by atoms with van der Waals surface area (Å²) < 4.78 is 0. The van der Waals surface area contributed by atoms with Gasteiger partial charge in [0.15, 0.2) is 0 Å². The molecule has 1 aromatic heterocycles. The lowest BCUT2D eigenvalue weighted by Gasteiger charge is -2.23. The Morgan fingerprint density at radius 1 is 1.69 bits per heavy atom. The first kappa shape index (κ1) is 11.4. The van der Waals surface area contributed by atoms with E-state index in [1.807, 2.05) is 6.92 Å². The maximum absolute atomic E-state index is 6.15. The Labute approximate surface area is 102 Å². The zero-order chi connectivity index (χ0) is 11.5. The normalized spacial score (nSPS) is 20.9. The van der Waals surface area contributed by atoms with Crippen LogP contribution in [0.25, 0.3) is 0 Å². The van der Waals surface area contributed by atoms with Crippen LogP contribution >= 0.6 is 11.6 Å². The van der Waals surface area contributed by atoms with Crippen LogP contribution in [0, 0.1) is 19.3 Å². The standard InChI is InChI=1S/C13H15ClN2/c1-3-6-16-7-4-5-12(16)11-8-10(2)9-15-13(11)14/h1,8-9,12H,4-7H2,2H3/t12-/m0/s1. The second kappa shape index (κ2) is 4.86. The molecule has 1 aliphatic heterocycles. The quantitative estimate of drug-likeness (QED) is 0.578. The molecule has 2 heterocycles. The van der Waals surface area contributed by atoms with Gasteiger partial charge in [-0.05, 0) is 37.9 Å². The number of pyridine rings is 1. The van der Waals surface area contributed by atoms with E-state index in [0.29, 0.717) is 17.7 Å². The van der Waals surface area contributed by atoms with Gasteiger partial charge in [0.1, 0.15) is 5.15 Å². The molecule has 3 heteroatoms. The molecule has 0 unspecified atom stereocenters. The zero-order valence-electron chi connectivity index (χ0n) is 9.41. The van der Waals surface area contributed by atoms with Gasteiger partial charge in [0.05, 0.1) is 6.54 Å².